The molecule has 0 saturated carbocycles. The number of nitrogens with two attached hydrogens (primary N) is 1. The highest BCUT2D eigenvalue weighted by atomic mass is 35.5. The second-order valence-corrected chi connectivity index (χ2v) is 4.98. The molecule has 0 heterocycles. The number of nitrogen functional groups attached to an aromatic ring is 1. The van der Waals surface area contributed by atoms with Crippen LogP contribution in [0.2, 0.25) is 10.0 Å². The molecule has 3 nitrogen and oxygen atoms in total. The fraction of sp³-hybridized carbons (Fsp3) is 0.455. The topological polar surface area (TPSA) is 41.3 Å². The summed E-state index contributed by atoms with van der Waals surface area (Å²) >= 11 is 11.8. The highest BCUT2D eigenvalue weighted by Gasteiger charge is 2.08. The molecule has 0 saturated heterocycles. The normalized spacial score (nSPS) is 12.9. The summed E-state index contributed by atoms with van der Waals surface area (Å²) in [6.45, 7) is 3.00. The quantitative estimate of drug-likeness (QED) is 0.820. The lowest BCUT2D eigenvalue weighted by Gasteiger charge is -2.20. The van der Waals surface area contributed by atoms with E-state index in [2.05, 4.69) is 17.1 Å². The first-order valence-corrected chi connectivity index (χ1v) is 5.81. The SMILES string of the molecule is CC(CN(C)C)Nc1cc(Cl)c(Cl)cc1N. The van der Waals surface area contributed by atoms with Crippen molar-refractivity contribution in [3.05, 3.63) is 22.2 Å². The van der Waals surface area contributed by atoms with Crippen molar-refractivity contribution in [3.8, 4) is 0 Å². The van der Waals surface area contributed by atoms with Crippen LogP contribution in [0.4, 0.5) is 11.4 Å². The van der Waals surface area contributed by atoms with Crippen molar-refractivity contribution in [1.82, 2.24) is 4.90 Å². The molecule has 0 aliphatic heterocycles. The molecule has 0 aliphatic rings. The van der Waals surface area contributed by atoms with E-state index in [1.54, 1.807) is 12.1 Å². The standard InChI is InChI=1S/C11H17Cl2N3/c1-7(6-16(2)3)15-11-5-9(13)8(12)4-10(11)14/h4-5,7,15H,6,14H2,1-3H3. The van der Waals surface area contributed by atoms with E-state index in [0.717, 1.165) is 12.2 Å². The number of halogens is 2. The fourth-order valence-electron chi connectivity index (χ4n) is 1.55. The van der Waals surface area contributed by atoms with Crippen LogP contribution in [0.5, 0.6) is 0 Å². The van der Waals surface area contributed by atoms with E-state index in [0.29, 0.717) is 15.7 Å². The van der Waals surface area contributed by atoms with Crippen molar-refractivity contribution in [3.63, 3.8) is 0 Å². The Kier molecular flexibility index (Phi) is 4.71. The maximum atomic E-state index is 5.94. The Hall–Kier alpha value is -0.640. The minimum absolute atomic E-state index is 0.287. The molecule has 0 aliphatic carbocycles. The highest BCUT2D eigenvalue weighted by Crippen LogP contribution is 2.30. The molecule has 0 amide bonds. The summed E-state index contributed by atoms with van der Waals surface area (Å²) < 4.78 is 0. The molecule has 0 aromatic heterocycles. The smallest absolute Gasteiger partial charge is 0.0614 e. The number of hydrogen-bond donors (Lipinski definition) is 2. The van der Waals surface area contributed by atoms with Gasteiger partial charge in [-0.25, -0.2) is 0 Å². The molecule has 1 unspecified atom stereocenters. The van der Waals surface area contributed by atoms with Crippen LogP contribution in [-0.4, -0.2) is 31.6 Å². The lowest BCUT2D eigenvalue weighted by molar-refractivity contribution is 0.392. The lowest BCUT2D eigenvalue weighted by atomic mass is 10.2. The molecule has 1 rings (SSSR count). The minimum Gasteiger partial charge on any atom is -0.397 e. The third-order valence-electron chi connectivity index (χ3n) is 2.13. The van der Waals surface area contributed by atoms with Crippen LogP contribution in [0.1, 0.15) is 6.92 Å². The molecule has 90 valence electrons. The van der Waals surface area contributed by atoms with E-state index >= 15 is 0 Å². The average Bonchev–Trinajstić information content (AvgIpc) is 2.12. The first-order chi connectivity index (χ1) is 7.40. The Balaban J connectivity index is 2.77. The first-order valence-electron chi connectivity index (χ1n) is 5.06. The van der Waals surface area contributed by atoms with E-state index in [1.165, 1.54) is 0 Å². The van der Waals surface area contributed by atoms with Crippen LogP contribution < -0.4 is 11.1 Å². The molecule has 0 spiro atoms. The van der Waals surface area contributed by atoms with Gasteiger partial charge in [-0.1, -0.05) is 23.2 Å². The first kappa shape index (κ1) is 13.4. The summed E-state index contributed by atoms with van der Waals surface area (Å²) in [5.74, 6) is 0. The molecule has 1 aromatic rings. The van der Waals surface area contributed by atoms with Crippen molar-refractivity contribution in [2.75, 3.05) is 31.7 Å². The number of anilines is 2. The van der Waals surface area contributed by atoms with Gasteiger partial charge in [0.25, 0.3) is 0 Å². The van der Waals surface area contributed by atoms with Crippen LogP contribution in [0, 0.1) is 0 Å². The Morgan fingerprint density at radius 2 is 1.88 bits per heavy atom. The van der Waals surface area contributed by atoms with E-state index < -0.39 is 0 Å². The zero-order chi connectivity index (χ0) is 12.3. The fourth-order valence-corrected chi connectivity index (χ4v) is 1.88. The second-order valence-electron chi connectivity index (χ2n) is 4.16. The second kappa shape index (κ2) is 5.62. The number of nitrogens with one attached hydrogen (secondary N) is 1. The van der Waals surface area contributed by atoms with E-state index in [-0.39, 0.29) is 6.04 Å². The number of likely N-dealkylation sites (N-methyl/N-ethyl adjacent to an activating group) is 1. The third kappa shape index (κ3) is 3.74. The van der Waals surface area contributed by atoms with E-state index in [9.17, 15) is 0 Å². The summed E-state index contributed by atoms with van der Waals surface area (Å²) in [7, 11) is 4.05. The van der Waals surface area contributed by atoms with Gasteiger partial charge >= 0.3 is 0 Å². The van der Waals surface area contributed by atoms with Crippen LogP contribution in [0.3, 0.4) is 0 Å². The molecular weight excluding hydrogens is 245 g/mol. The van der Waals surface area contributed by atoms with Crippen molar-refractivity contribution in [2.24, 2.45) is 0 Å². The highest BCUT2D eigenvalue weighted by molar-refractivity contribution is 6.42. The van der Waals surface area contributed by atoms with Gasteiger partial charge in [-0.2, -0.15) is 0 Å². The maximum Gasteiger partial charge on any atom is 0.0614 e. The van der Waals surface area contributed by atoms with Crippen molar-refractivity contribution in [2.45, 2.75) is 13.0 Å². The monoisotopic (exact) mass is 261 g/mol. The molecular formula is C11H17Cl2N3. The van der Waals surface area contributed by atoms with Gasteiger partial charge < -0.3 is 16.0 Å². The molecule has 1 aromatic carbocycles. The van der Waals surface area contributed by atoms with Crippen LogP contribution in [-0.2, 0) is 0 Å². The Bertz CT molecular complexity index is 366. The number of nitrogens with zero attached hydrogens (tertiary/aromatic N) is 1. The number of hydrogen-bond acceptors (Lipinski definition) is 3. The summed E-state index contributed by atoms with van der Waals surface area (Å²) in [6, 6.07) is 3.70. The van der Waals surface area contributed by atoms with Crippen molar-refractivity contribution < 1.29 is 0 Å². The van der Waals surface area contributed by atoms with E-state index in [1.807, 2.05) is 14.1 Å². The van der Waals surface area contributed by atoms with Crippen LogP contribution in [0.25, 0.3) is 0 Å². The maximum absolute atomic E-state index is 5.94. The van der Waals surface area contributed by atoms with Gasteiger partial charge in [0.2, 0.25) is 0 Å². The van der Waals surface area contributed by atoms with Gasteiger partial charge in [-0.3, -0.25) is 0 Å². The lowest BCUT2D eigenvalue weighted by Crippen LogP contribution is -2.29. The molecule has 16 heavy (non-hydrogen) atoms. The zero-order valence-corrected chi connectivity index (χ0v) is 11.2. The predicted octanol–water partition coefficient (Wildman–Crippen LogP) is 2.94. The number of rotatable bonds is 4. The molecule has 0 fully saturated rings. The summed E-state index contributed by atoms with van der Waals surface area (Å²) in [5, 5.41) is 4.29. The Morgan fingerprint density at radius 1 is 1.31 bits per heavy atom. The van der Waals surface area contributed by atoms with Gasteiger partial charge in [0.1, 0.15) is 0 Å². The largest absolute Gasteiger partial charge is 0.397 e. The predicted molar refractivity (Wildman–Crippen MR) is 72.5 cm³/mol. The molecule has 0 radical (unpaired) electrons. The van der Waals surface area contributed by atoms with E-state index in [4.69, 9.17) is 28.9 Å². The molecule has 1 atom stereocenters. The van der Waals surface area contributed by atoms with Gasteiger partial charge in [0.15, 0.2) is 0 Å². The molecule has 3 N–H and O–H groups in total. The minimum atomic E-state index is 0.287. The summed E-state index contributed by atoms with van der Waals surface area (Å²) in [5.41, 5.74) is 7.28. The van der Waals surface area contributed by atoms with Crippen molar-refractivity contribution >= 4 is 34.6 Å². The third-order valence-corrected chi connectivity index (χ3v) is 2.86. The van der Waals surface area contributed by atoms with Crippen LogP contribution >= 0.6 is 23.2 Å². The summed E-state index contributed by atoms with van der Waals surface area (Å²) in [6.07, 6.45) is 0. The zero-order valence-electron chi connectivity index (χ0n) is 9.72. The molecule has 5 heteroatoms. The number of benzene rings is 1. The van der Waals surface area contributed by atoms with Gasteiger partial charge in [-0.15, -0.1) is 0 Å². The van der Waals surface area contributed by atoms with Gasteiger partial charge in [0, 0.05) is 12.6 Å². The van der Waals surface area contributed by atoms with Crippen molar-refractivity contribution in [1.29, 1.82) is 0 Å². The Morgan fingerprint density at radius 3 is 2.44 bits per heavy atom. The average molecular weight is 262 g/mol. The molecule has 0 bridgehead atoms. The van der Waals surface area contributed by atoms with Gasteiger partial charge in [0.05, 0.1) is 21.4 Å². The van der Waals surface area contributed by atoms with Crippen LogP contribution in [0.15, 0.2) is 12.1 Å². The van der Waals surface area contributed by atoms with Gasteiger partial charge in [-0.05, 0) is 33.2 Å². The summed E-state index contributed by atoms with van der Waals surface area (Å²) in [4.78, 5) is 2.10. The Labute approximate surface area is 107 Å².